The molecule has 0 heterocycles. The van der Waals surface area contributed by atoms with Gasteiger partial charge in [0.2, 0.25) is 0 Å². The summed E-state index contributed by atoms with van der Waals surface area (Å²) in [6.07, 6.45) is 0. The monoisotopic (exact) mass is 134 g/mol. The van der Waals surface area contributed by atoms with E-state index >= 15 is 0 Å². The average Bonchev–Trinajstić information content (AvgIpc) is 1.77. The zero-order chi connectivity index (χ0) is 5.98. The van der Waals surface area contributed by atoms with Crippen molar-refractivity contribution in [2.24, 2.45) is 0 Å². The van der Waals surface area contributed by atoms with Gasteiger partial charge in [0.25, 0.3) is 0 Å². The van der Waals surface area contributed by atoms with Gasteiger partial charge in [0.15, 0.2) is 0 Å². The maximum absolute atomic E-state index is 8.79. The fraction of sp³-hybridized carbons (Fsp3) is 0. The molecule has 1 aromatic carbocycles. The summed E-state index contributed by atoms with van der Waals surface area (Å²) in [5.41, 5.74) is 0. The first kappa shape index (κ1) is 5.45. The van der Waals surface area contributed by atoms with Crippen LogP contribution < -0.4 is 0 Å². The Labute approximate surface area is 52.5 Å². The van der Waals surface area contributed by atoms with Gasteiger partial charge >= 0.3 is 0 Å². The summed E-state index contributed by atoms with van der Waals surface area (Å²) in [6.45, 7) is 0. The Bertz CT molecular complexity index is 165. The fourth-order valence-electron chi connectivity index (χ4n) is 0.452. The molecule has 1 nitrogen and oxygen atoms in total. The van der Waals surface area contributed by atoms with E-state index in [9.17, 15) is 0 Å². The van der Waals surface area contributed by atoms with E-state index in [-0.39, 0.29) is 5.75 Å². The predicted molar refractivity (Wildman–Crippen MR) is 33.1 cm³/mol. The van der Waals surface area contributed by atoms with Crippen molar-refractivity contribution in [3.63, 3.8) is 0 Å². The number of rotatable bonds is 0. The van der Waals surface area contributed by atoms with E-state index in [0.717, 1.165) is 0 Å². The summed E-state index contributed by atoms with van der Waals surface area (Å²) < 4.78 is 0. The molecule has 0 aliphatic rings. The van der Waals surface area contributed by atoms with Gasteiger partial charge < -0.3 is 5.11 Å². The molecule has 0 atom stereocenters. The largest absolute Gasteiger partial charge is 0.506 e. The summed E-state index contributed by atoms with van der Waals surface area (Å²) in [4.78, 5) is 0. The minimum Gasteiger partial charge on any atom is -0.506 e. The molecule has 2 heteroatoms. The van der Waals surface area contributed by atoms with E-state index in [1.54, 1.807) is 24.3 Å². The third kappa shape index (κ3) is 0.928. The second kappa shape index (κ2) is 2.05. The maximum Gasteiger partial charge on any atom is 0.134 e. The lowest BCUT2D eigenvalue weighted by Crippen LogP contribution is -1.62. The van der Waals surface area contributed by atoms with E-state index in [1.165, 1.54) is 0 Å². The maximum atomic E-state index is 8.79. The molecule has 1 aromatic rings. The van der Waals surface area contributed by atoms with Crippen molar-refractivity contribution in [3.05, 3.63) is 29.3 Å². The van der Waals surface area contributed by atoms with Gasteiger partial charge in [0.1, 0.15) is 5.75 Å². The molecule has 0 spiro atoms. The fourth-order valence-corrected chi connectivity index (χ4v) is 0.587. The van der Waals surface area contributed by atoms with Gasteiger partial charge in [-0.25, -0.2) is 0 Å². The number of para-hydroxylation sites is 1. The zero-order valence-corrected chi connectivity index (χ0v) is 4.89. The van der Waals surface area contributed by atoms with Crippen molar-refractivity contribution in [1.82, 2.24) is 0 Å². The second-order valence-corrected chi connectivity index (χ2v) is 1.86. The molecule has 0 amide bonds. The Balaban J connectivity index is 3.13. The predicted octanol–water partition coefficient (Wildman–Crippen LogP) is 2.05. The number of hydrogen-bond donors (Lipinski definition) is 1. The first-order chi connectivity index (χ1) is 3.80. The molecule has 1 rings (SSSR count). The SMILES string of the molecule is O[13c]1[13cH][13cH][13cH][13cH][13c]1Cl. The van der Waals surface area contributed by atoms with Gasteiger partial charge in [0, 0.05) is 0 Å². The number of aromatic hydroxyl groups is 1. The van der Waals surface area contributed by atoms with Gasteiger partial charge in [-0.3, -0.25) is 0 Å². The third-order valence-electron chi connectivity index (χ3n) is 0.852. The third-order valence-corrected chi connectivity index (χ3v) is 1.17. The highest BCUT2D eigenvalue weighted by atomic mass is 35.5. The molecule has 42 valence electrons. The molecular formula is C6H5ClO. The van der Waals surface area contributed by atoms with Crippen LogP contribution in [0.1, 0.15) is 0 Å². The zero-order valence-electron chi connectivity index (χ0n) is 4.13. The van der Waals surface area contributed by atoms with Crippen molar-refractivity contribution in [3.8, 4) is 5.75 Å². The highest BCUT2D eigenvalue weighted by molar-refractivity contribution is 6.31. The standard InChI is InChI=1S/C6H5ClO/c7-5-3-1-2-4-6(5)8/h1-4,8H/i1+1,2+1,3+1,4+1,5+1,6+1. The van der Waals surface area contributed by atoms with Crippen molar-refractivity contribution in [1.29, 1.82) is 0 Å². The highest BCUT2D eigenvalue weighted by Crippen LogP contribution is 2.20. The van der Waals surface area contributed by atoms with E-state index in [2.05, 4.69) is 0 Å². The van der Waals surface area contributed by atoms with Crippen LogP contribution in [-0.2, 0) is 0 Å². The first-order valence-electron chi connectivity index (χ1n) is 2.24. The summed E-state index contributed by atoms with van der Waals surface area (Å²) in [6, 6.07) is 6.67. The van der Waals surface area contributed by atoms with Crippen LogP contribution in [0.3, 0.4) is 0 Å². The van der Waals surface area contributed by atoms with Gasteiger partial charge in [0.05, 0.1) is 5.02 Å². The Morgan fingerprint density at radius 1 is 1.25 bits per heavy atom. The molecule has 0 bridgehead atoms. The van der Waals surface area contributed by atoms with E-state index in [4.69, 9.17) is 16.7 Å². The lowest BCUT2D eigenvalue weighted by Gasteiger charge is -1.89. The molecule has 0 fully saturated rings. The van der Waals surface area contributed by atoms with E-state index in [1.807, 2.05) is 0 Å². The number of benzene rings is 1. The molecular weight excluding hydrogens is 129 g/mol. The summed E-state index contributed by atoms with van der Waals surface area (Å²) in [5.74, 6) is 0.133. The normalized spacial score (nSPS) is 9.12. The molecule has 0 aliphatic carbocycles. The second-order valence-electron chi connectivity index (χ2n) is 1.45. The van der Waals surface area contributed by atoms with Gasteiger partial charge in [-0.05, 0) is 12.1 Å². The number of phenols is 1. The molecule has 0 aliphatic heterocycles. The average molecular weight is 135 g/mol. The van der Waals surface area contributed by atoms with Crippen LogP contribution in [0.5, 0.6) is 5.75 Å². The minimum atomic E-state index is 0.133. The molecule has 0 saturated heterocycles. The smallest absolute Gasteiger partial charge is 0.134 e. The van der Waals surface area contributed by atoms with Crippen LogP contribution in [0.2, 0.25) is 5.02 Å². The van der Waals surface area contributed by atoms with Crippen molar-refractivity contribution in [2.45, 2.75) is 0 Å². The molecule has 8 heavy (non-hydrogen) atoms. The molecule has 0 radical (unpaired) electrons. The Morgan fingerprint density at radius 2 is 1.88 bits per heavy atom. The summed E-state index contributed by atoms with van der Waals surface area (Å²) in [7, 11) is 0. The van der Waals surface area contributed by atoms with Gasteiger partial charge in [-0.2, -0.15) is 0 Å². The van der Waals surface area contributed by atoms with Crippen LogP contribution >= 0.6 is 11.6 Å². The van der Waals surface area contributed by atoms with Crippen LogP contribution in [0.15, 0.2) is 24.3 Å². The van der Waals surface area contributed by atoms with Crippen molar-refractivity contribution < 1.29 is 5.11 Å². The topological polar surface area (TPSA) is 20.2 Å². The molecule has 0 saturated carbocycles. The lowest BCUT2D eigenvalue weighted by atomic mass is 11.3. The van der Waals surface area contributed by atoms with Crippen LogP contribution in [0, 0.1) is 0 Å². The summed E-state index contributed by atoms with van der Waals surface area (Å²) in [5, 5.41) is 9.18. The van der Waals surface area contributed by atoms with Crippen LogP contribution in [0.25, 0.3) is 0 Å². The number of hydrogen-bond acceptors (Lipinski definition) is 1. The van der Waals surface area contributed by atoms with Crippen LogP contribution in [-0.4, -0.2) is 5.11 Å². The first-order valence-corrected chi connectivity index (χ1v) is 2.62. The minimum absolute atomic E-state index is 0.133. The quantitative estimate of drug-likeness (QED) is 0.576. The highest BCUT2D eigenvalue weighted by Gasteiger charge is 1.89. The molecule has 1 N–H and O–H groups in total. The van der Waals surface area contributed by atoms with Gasteiger partial charge in [-0.1, -0.05) is 23.7 Å². The Kier molecular flexibility index (Phi) is 1.40. The number of phenolic OH excluding ortho intramolecular Hbond substituents is 1. The van der Waals surface area contributed by atoms with E-state index in [0.29, 0.717) is 5.02 Å². The molecule has 0 unspecified atom stereocenters. The number of halogens is 1. The summed E-state index contributed by atoms with van der Waals surface area (Å²) >= 11 is 5.46. The van der Waals surface area contributed by atoms with Crippen molar-refractivity contribution >= 4 is 11.6 Å². The molecule has 0 aromatic heterocycles. The Hall–Kier alpha value is -0.690. The Morgan fingerprint density at radius 3 is 2.25 bits per heavy atom. The van der Waals surface area contributed by atoms with Crippen LogP contribution in [0.4, 0.5) is 0 Å². The van der Waals surface area contributed by atoms with Gasteiger partial charge in [-0.15, -0.1) is 0 Å². The lowest BCUT2D eigenvalue weighted by molar-refractivity contribution is 0.475. The van der Waals surface area contributed by atoms with Crippen molar-refractivity contribution in [2.75, 3.05) is 0 Å². The van der Waals surface area contributed by atoms with E-state index < -0.39 is 0 Å².